The van der Waals surface area contributed by atoms with Crippen molar-refractivity contribution in [2.75, 3.05) is 20.1 Å². The van der Waals surface area contributed by atoms with Gasteiger partial charge in [0, 0.05) is 23.1 Å². The van der Waals surface area contributed by atoms with Crippen LogP contribution in [-0.4, -0.2) is 31.1 Å². The van der Waals surface area contributed by atoms with Crippen LogP contribution in [0.15, 0.2) is 22.7 Å². The first kappa shape index (κ1) is 16.0. The molecular weight excluding hydrogens is 312 g/mol. The van der Waals surface area contributed by atoms with Gasteiger partial charge in [-0.25, -0.2) is 0 Å². The number of nitrogens with zero attached hydrogens (tertiary/aromatic N) is 1. The minimum absolute atomic E-state index is 0.518. The SMILES string of the molecule is Cc1ccc(C2C(CNC(C)C)CCCN2C)c(Br)c1. The molecule has 1 fully saturated rings. The van der Waals surface area contributed by atoms with Gasteiger partial charge in [-0.3, -0.25) is 4.90 Å². The second-order valence-electron chi connectivity index (χ2n) is 6.42. The Morgan fingerprint density at radius 2 is 2.15 bits per heavy atom. The molecule has 0 aliphatic carbocycles. The molecule has 1 N–H and O–H groups in total. The fourth-order valence-corrected chi connectivity index (χ4v) is 3.95. The van der Waals surface area contributed by atoms with E-state index in [2.05, 4.69) is 72.2 Å². The first-order valence-corrected chi connectivity index (χ1v) is 8.48. The maximum Gasteiger partial charge on any atom is 0.0396 e. The third-order valence-electron chi connectivity index (χ3n) is 4.27. The van der Waals surface area contributed by atoms with Crippen molar-refractivity contribution in [1.82, 2.24) is 10.2 Å². The number of benzene rings is 1. The Kier molecular flexibility index (Phi) is 5.65. The molecule has 3 heteroatoms. The Morgan fingerprint density at radius 3 is 2.80 bits per heavy atom. The van der Waals surface area contributed by atoms with Gasteiger partial charge in [-0.1, -0.05) is 41.9 Å². The van der Waals surface area contributed by atoms with Crippen molar-refractivity contribution in [3.8, 4) is 0 Å². The van der Waals surface area contributed by atoms with E-state index >= 15 is 0 Å². The van der Waals surface area contributed by atoms with Gasteiger partial charge >= 0.3 is 0 Å². The van der Waals surface area contributed by atoms with Crippen LogP contribution >= 0.6 is 15.9 Å². The van der Waals surface area contributed by atoms with Gasteiger partial charge in [0.05, 0.1) is 0 Å². The van der Waals surface area contributed by atoms with E-state index in [1.54, 1.807) is 0 Å². The molecule has 2 unspecified atom stereocenters. The van der Waals surface area contributed by atoms with Crippen molar-refractivity contribution in [3.05, 3.63) is 33.8 Å². The molecule has 0 spiro atoms. The number of aryl methyl sites for hydroxylation is 1. The summed E-state index contributed by atoms with van der Waals surface area (Å²) >= 11 is 3.77. The minimum atomic E-state index is 0.518. The molecule has 0 amide bonds. The van der Waals surface area contributed by atoms with Crippen LogP contribution in [0.4, 0.5) is 0 Å². The molecular formula is C17H27BrN2. The first-order chi connectivity index (χ1) is 9.49. The lowest BCUT2D eigenvalue weighted by molar-refractivity contribution is 0.117. The Hall–Kier alpha value is -0.380. The maximum absolute atomic E-state index is 3.77. The summed E-state index contributed by atoms with van der Waals surface area (Å²) in [6.45, 7) is 8.90. The fraction of sp³-hybridized carbons (Fsp3) is 0.647. The second kappa shape index (κ2) is 7.06. The smallest absolute Gasteiger partial charge is 0.0396 e. The van der Waals surface area contributed by atoms with E-state index in [9.17, 15) is 0 Å². The molecule has 1 saturated heterocycles. The first-order valence-electron chi connectivity index (χ1n) is 7.68. The van der Waals surface area contributed by atoms with Crippen LogP contribution in [0.3, 0.4) is 0 Å². The van der Waals surface area contributed by atoms with Gasteiger partial charge in [-0.15, -0.1) is 0 Å². The summed E-state index contributed by atoms with van der Waals surface area (Å²) in [5, 5.41) is 3.62. The summed E-state index contributed by atoms with van der Waals surface area (Å²) in [4.78, 5) is 2.52. The van der Waals surface area contributed by atoms with E-state index in [1.165, 1.54) is 35.0 Å². The zero-order chi connectivity index (χ0) is 14.7. The van der Waals surface area contributed by atoms with Gasteiger partial charge in [0.2, 0.25) is 0 Å². The third-order valence-corrected chi connectivity index (χ3v) is 4.96. The van der Waals surface area contributed by atoms with Crippen molar-refractivity contribution >= 4 is 15.9 Å². The van der Waals surface area contributed by atoms with E-state index < -0.39 is 0 Å². The number of rotatable bonds is 4. The number of hydrogen-bond acceptors (Lipinski definition) is 2. The largest absolute Gasteiger partial charge is 0.314 e. The summed E-state index contributed by atoms with van der Waals surface area (Å²) in [6.07, 6.45) is 2.62. The number of piperidine rings is 1. The molecule has 2 rings (SSSR count). The molecule has 1 heterocycles. The molecule has 1 aromatic carbocycles. The number of halogens is 1. The molecule has 112 valence electrons. The highest BCUT2D eigenvalue weighted by Gasteiger charge is 2.31. The normalized spacial score (nSPS) is 24.3. The standard InChI is InChI=1S/C17H27BrN2/c1-12(2)19-11-14-6-5-9-20(4)17(14)15-8-7-13(3)10-16(15)18/h7-8,10,12,14,17,19H,5-6,9,11H2,1-4H3. The molecule has 1 aliphatic rings. The lowest BCUT2D eigenvalue weighted by Gasteiger charge is -2.40. The Morgan fingerprint density at radius 1 is 1.40 bits per heavy atom. The average molecular weight is 339 g/mol. The van der Waals surface area contributed by atoms with Crippen molar-refractivity contribution in [2.24, 2.45) is 5.92 Å². The quantitative estimate of drug-likeness (QED) is 0.887. The van der Waals surface area contributed by atoms with Crippen LogP contribution < -0.4 is 5.32 Å². The summed E-state index contributed by atoms with van der Waals surface area (Å²) in [7, 11) is 2.26. The van der Waals surface area contributed by atoms with E-state index in [0.717, 1.165) is 6.54 Å². The van der Waals surface area contributed by atoms with Gasteiger partial charge in [0.25, 0.3) is 0 Å². The van der Waals surface area contributed by atoms with Crippen LogP contribution in [0.5, 0.6) is 0 Å². The van der Waals surface area contributed by atoms with Crippen LogP contribution in [0, 0.1) is 12.8 Å². The number of nitrogens with one attached hydrogen (secondary N) is 1. The van der Waals surface area contributed by atoms with Crippen LogP contribution in [0.2, 0.25) is 0 Å². The highest BCUT2D eigenvalue weighted by Crippen LogP contribution is 2.38. The van der Waals surface area contributed by atoms with Crippen molar-refractivity contribution < 1.29 is 0 Å². The van der Waals surface area contributed by atoms with E-state index in [4.69, 9.17) is 0 Å². The fourth-order valence-electron chi connectivity index (χ4n) is 3.22. The minimum Gasteiger partial charge on any atom is -0.314 e. The van der Waals surface area contributed by atoms with Crippen LogP contribution in [0.25, 0.3) is 0 Å². The zero-order valence-electron chi connectivity index (χ0n) is 13.1. The summed E-state index contributed by atoms with van der Waals surface area (Å²) in [5.74, 6) is 0.690. The van der Waals surface area contributed by atoms with E-state index in [0.29, 0.717) is 18.0 Å². The average Bonchev–Trinajstić information content (AvgIpc) is 2.37. The molecule has 2 atom stereocenters. The van der Waals surface area contributed by atoms with E-state index in [1.807, 2.05) is 0 Å². The summed E-state index contributed by atoms with van der Waals surface area (Å²) < 4.78 is 1.26. The number of likely N-dealkylation sites (tertiary alicyclic amines) is 1. The Bertz CT molecular complexity index is 445. The molecule has 1 aliphatic heterocycles. The lowest BCUT2D eigenvalue weighted by Crippen LogP contribution is -2.42. The Balaban J connectivity index is 2.22. The maximum atomic E-state index is 3.77. The second-order valence-corrected chi connectivity index (χ2v) is 7.27. The van der Waals surface area contributed by atoms with Gasteiger partial charge in [0.15, 0.2) is 0 Å². The molecule has 0 radical (unpaired) electrons. The highest BCUT2D eigenvalue weighted by atomic mass is 79.9. The van der Waals surface area contributed by atoms with Gasteiger partial charge in [-0.2, -0.15) is 0 Å². The van der Waals surface area contributed by atoms with Gasteiger partial charge < -0.3 is 5.32 Å². The summed E-state index contributed by atoms with van der Waals surface area (Å²) in [6, 6.07) is 7.85. The summed E-state index contributed by atoms with van der Waals surface area (Å²) in [5.41, 5.74) is 2.75. The predicted molar refractivity (Wildman–Crippen MR) is 90.1 cm³/mol. The third kappa shape index (κ3) is 3.84. The van der Waals surface area contributed by atoms with Gasteiger partial charge in [0.1, 0.15) is 0 Å². The topological polar surface area (TPSA) is 15.3 Å². The molecule has 1 aromatic rings. The zero-order valence-corrected chi connectivity index (χ0v) is 14.7. The molecule has 0 bridgehead atoms. The highest BCUT2D eigenvalue weighted by molar-refractivity contribution is 9.10. The molecule has 0 aromatic heterocycles. The molecule has 0 saturated carbocycles. The monoisotopic (exact) mass is 338 g/mol. The predicted octanol–water partition coefficient (Wildman–Crippen LogP) is 4.14. The number of hydrogen-bond donors (Lipinski definition) is 1. The van der Waals surface area contributed by atoms with Crippen LogP contribution in [-0.2, 0) is 0 Å². The van der Waals surface area contributed by atoms with E-state index in [-0.39, 0.29) is 0 Å². The van der Waals surface area contributed by atoms with Crippen LogP contribution in [0.1, 0.15) is 43.9 Å². The lowest BCUT2D eigenvalue weighted by atomic mass is 9.84. The Labute approximate surface area is 132 Å². The van der Waals surface area contributed by atoms with Crippen molar-refractivity contribution in [1.29, 1.82) is 0 Å². The van der Waals surface area contributed by atoms with Crippen molar-refractivity contribution in [3.63, 3.8) is 0 Å². The van der Waals surface area contributed by atoms with Gasteiger partial charge in [-0.05, 0) is 56.5 Å². The van der Waals surface area contributed by atoms with Crippen molar-refractivity contribution in [2.45, 2.75) is 45.7 Å². The molecule has 2 nitrogen and oxygen atoms in total. The molecule has 20 heavy (non-hydrogen) atoms.